The summed E-state index contributed by atoms with van der Waals surface area (Å²) in [6, 6.07) is 4.92. The highest BCUT2D eigenvalue weighted by Gasteiger charge is 2.29. The Bertz CT molecular complexity index is 611. The number of carbonyl (C=O) groups is 1. The number of rotatable bonds is 5. The van der Waals surface area contributed by atoms with Gasteiger partial charge in [-0.05, 0) is 25.1 Å². The zero-order valence-electron chi connectivity index (χ0n) is 11.5. The Morgan fingerprint density at radius 1 is 1.45 bits per heavy atom. The average molecular weight is 314 g/mol. The smallest absolute Gasteiger partial charge is 0.359 e. The number of alkyl halides is 3. The van der Waals surface area contributed by atoms with Crippen molar-refractivity contribution in [3.63, 3.8) is 0 Å². The third-order valence-electron chi connectivity index (χ3n) is 2.62. The van der Waals surface area contributed by atoms with Gasteiger partial charge in [-0.3, -0.25) is 4.79 Å². The zero-order chi connectivity index (χ0) is 16.2. The Morgan fingerprint density at radius 2 is 2.23 bits per heavy atom. The molecule has 0 saturated carbocycles. The monoisotopic (exact) mass is 314 g/mol. The largest absolute Gasteiger partial charge is 0.411 e. The van der Waals surface area contributed by atoms with E-state index in [2.05, 4.69) is 20.1 Å². The molecule has 118 valence electrons. The summed E-state index contributed by atoms with van der Waals surface area (Å²) >= 11 is 0. The number of ether oxygens (including phenoxy) is 1. The summed E-state index contributed by atoms with van der Waals surface area (Å²) in [4.78, 5) is 15.8. The molecule has 9 heteroatoms. The lowest BCUT2D eigenvalue weighted by molar-refractivity contribution is -0.184. The number of nitrogens with one attached hydrogen (secondary N) is 1. The standard InChI is InChI=1S/C13H13F3N4O2/c1-9(22-8-13(14,15)16)12(21)19-10-3-4-11(17-7-10)20-6-2-5-18-20/h2-7,9H,8H2,1H3,(H,19,21)/t9-/m1/s1. The van der Waals surface area contributed by atoms with Crippen molar-refractivity contribution in [2.45, 2.75) is 19.2 Å². The van der Waals surface area contributed by atoms with Crippen molar-refractivity contribution >= 4 is 11.6 Å². The Labute approximate surface area is 123 Å². The van der Waals surface area contributed by atoms with E-state index in [9.17, 15) is 18.0 Å². The normalized spacial score (nSPS) is 12.9. The molecule has 2 rings (SSSR count). The molecule has 0 spiro atoms. The van der Waals surface area contributed by atoms with Gasteiger partial charge in [-0.25, -0.2) is 9.67 Å². The van der Waals surface area contributed by atoms with E-state index in [0.29, 0.717) is 11.5 Å². The molecular formula is C13H13F3N4O2. The Hall–Kier alpha value is -2.42. The zero-order valence-corrected chi connectivity index (χ0v) is 11.5. The van der Waals surface area contributed by atoms with E-state index in [1.165, 1.54) is 17.8 Å². The second-order valence-corrected chi connectivity index (χ2v) is 4.41. The van der Waals surface area contributed by atoms with E-state index in [0.717, 1.165) is 0 Å². The topological polar surface area (TPSA) is 69.0 Å². The van der Waals surface area contributed by atoms with E-state index in [-0.39, 0.29) is 0 Å². The van der Waals surface area contributed by atoms with Gasteiger partial charge in [0.25, 0.3) is 5.91 Å². The Balaban J connectivity index is 1.91. The quantitative estimate of drug-likeness (QED) is 0.918. The first-order valence-corrected chi connectivity index (χ1v) is 6.30. The van der Waals surface area contributed by atoms with Crippen molar-refractivity contribution in [1.29, 1.82) is 0 Å². The summed E-state index contributed by atoms with van der Waals surface area (Å²) in [5.41, 5.74) is 0.350. The second kappa shape index (κ2) is 6.56. The number of halogens is 3. The number of amides is 1. The maximum Gasteiger partial charge on any atom is 0.411 e. The van der Waals surface area contributed by atoms with Crippen molar-refractivity contribution in [3.05, 3.63) is 36.8 Å². The van der Waals surface area contributed by atoms with Crippen molar-refractivity contribution in [3.8, 4) is 5.82 Å². The maximum absolute atomic E-state index is 12.0. The maximum atomic E-state index is 12.0. The molecule has 2 aromatic rings. The minimum atomic E-state index is -4.47. The summed E-state index contributed by atoms with van der Waals surface area (Å²) in [5.74, 6) is -0.137. The van der Waals surface area contributed by atoms with Crippen molar-refractivity contribution < 1.29 is 22.7 Å². The van der Waals surface area contributed by atoms with Crippen LogP contribution >= 0.6 is 0 Å². The van der Waals surface area contributed by atoms with Crippen LogP contribution in [-0.2, 0) is 9.53 Å². The summed E-state index contributed by atoms with van der Waals surface area (Å²) < 4.78 is 42.0. The number of carbonyl (C=O) groups excluding carboxylic acids is 1. The van der Waals surface area contributed by atoms with Crippen molar-refractivity contribution in [2.75, 3.05) is 11.9 Å². The average Bonchev–Trinajstić information content (AvgIpc) is 2.99. The minimum Gasteiger partial charge on any atom is -0.359 e. The summed E-state index contributed by atoms with van der Waals surface area (Å²) in [5, 5.41) is 6.42. The molecule has 1 atom stereocenters. The van der Waals surface area contributed by atoms with Crippen LogP contribution in [0.1, 0.15) is 6.92 Å². The lowest BCUT2D eigenvalue weighted by atomic mass is 10.3. The van der Waals surface area contributed by atoms with Crippen LogP contribution in [0.15, 0.2) is 36.8 Å². The fourth-order valence-corrected chi connectivity index (χ4v) is 1.54. The predicted molar refractivity (Wildman–Crippen MR) is 71.5 cm³/mol. The summed E-state index contributed by atoms with van der Waals surface area (Å²) in [6.07, 6.45) is -1.02. The molecule has 0 radical (unpaired) electrons. The van der Waals surface area contributed by atoms with Gasteiger partial charge >= 0.3 is 6.18 Å². The fraction of sp³-hybridized carbons (Fsp3) is 0.308. The van der Waals surface area contributed by atoms with Gasteiger partial charge < -0.3 is 10.1 Å². The number of pyridine rings is 1. The van der Waals surface area contributed by atoms with Crippen molar-refractivity contribution in [1.82, 2.24) is 14.8 Å². The van der Waals surface area contributed by atoms with Crippen LogP contribution in [0.4, 0.5) is 18.9 Å². The summed E-state index contributed by atoms with van der Waals surface area (Å²) in [6.45, 7) is -0.231. The van der Waals surface area contributed by atoms with E-state index >= 15 is 0 Å². The van der Waals surface area contributed by atoms with Crippen molar-refractivity contribution in [2.24, 2.45) is 0 Å². The number of anilines is 1. The molecule has 22 heavy (non-hydrogen) atoms. The van der Waals surface area contributed by atoms with Gasteiger partial charge in [0.05, 0.1) is 11.9 Å². The molecular weight excluding hydrogens is 301 g/mol. The molecule has 0 unspecified atom stereocenters. The lowest BCUT2D eigenvalue weighted by Gasteiger charge is -2.14. The third kappa shape index (κ3) is 4.55. The molecule has 0 fully saturated rings. The van der Waals surface area contributed by atoms with Crippen LogP contribution in [0.2, 0.25) is 0 Å². The number of hydrogen-bond donors (Lipinski definition) is 1. The fourth-order valence-electron chi connectivity index (χ4n) is 1.54. The second-order valence-electron chi connectivity index (χ2n) is 4.41. The molecule has 0 bridgehead atoms. The van der Waals surface area contributed by atoms with E-state index < -0.39 is 24.8 Å². The molecule has 0 aliphatic heterocycles. The first kappa shape index (κ1) is 16.0. The van der Waals surface area contributed by atoms with Gasteiger partial charge in [0.1, 0.15) is 12.7 Å². The van der Waals surface area contributed by atoms with Gasteiger partial charge in [-0.1, -0.05) is 0 Å². The van der Waals surface area contributed by atoms with E-state index in [1.807, 2.05) is 0 Å². The first-order chi connectivity index (χ1) is 10.3. The highest BCUT2D eigenvalue weighted by atomic mass is 19.4. The Morgan fingerprint density at radius 3 is 2.77 bits per heavy atom. The van der Waals surface area contributed by atoms with Gasteiger partial charge in [0, 0.05) is 12.4 Å². The number of hydrogen-bond acceptors (Lipinski definition) is 4. The van der Waals surface area contributed by atoms with Gasteiger partial charge in [0.15, 0.2) is 5.82 Å². The number of nitrogens with zero attached hydrogens (tertiary/aromatic N) is 3. The first-order valence-electron chi connectivity index (χ1n) is 6.30. The highest BCUT2D eigenvalue weighted by Crippen LogP contribution is 2.16. The van der Waals surface area contributed by atoms with Gasteiger partial charge in [-0.2, -0.15) is 18.3 Å². The lowest BCUT2D eigenvalue weighted by Crippen LogP contribution is -2.31. The molecule has 1 N–H and O–H groups in total. The van der Waals surface area contributed by atoms with Crippen LogP contribution in [0.25, 0.3) is 5.82 Å². The third-order valence-corrected chi connectivity index (χ3v) is 2.62. The van der Waals surface area contributed by atoms with Crippen LogP contribution in [0, 0.1) is 0 Å². The van der Waals surface area contributed by atoms with E-state index in [1.54, 1.807) is 30.6 Å². The number of aromatic nitrogens is 3. The SMILES string of the molecule is C[C@@H](OCC(F)(F)F)C(=O)Nc1ccc(-n2cccn2)nc1. The van der Waals surface area contributed by atoms with E-state index in [4.69, 9.17) is 0 Å². The Kier molecular flexibility index (Phi) is 4.76. The summed E-state index contributed by atoms with van der Waals surface area (Å²) in [7, 11) is 0. The van der Waals surface area contributed by atoms with Crippen LogP contribution in [-0.4, -0.2) is 39.6 Å². The molecule has 6 nitrogen and oxygen atoms in total. The minimum absolute atomic E-state index is 0.350. The van der Waals surface area contributed by atoms with Gasteiger partial charge in [0.2, 0.25) is 0 Å². The molecule has 1 amide bonds. The molecule has 0 saturated heterocycles. The predicted octanol–water partition coefficient (Wildman–Crippen LogP) is 2.17. The molecule has 0 aliphatic rings. The molecule has 0 aromatic carbocycles. The molecule has 2 heterocycles. The van der Waals surface area contributed by atoms with Gasteiger partial charge in [-0.15, -0.1) is 0 Å². The highest BCUT2D eigenvalue weighted by molar-refractivity contribution is 5.93. The van der Waals surface area contributed by atoms with Crippen LogP contribution in [0.5, 0.6) is 0 Å². The molecule has 2 aromatic heterocycles. The van der Waals surface area contributed by atoms with Crippen LogP contribution < -0.4 is 5.32 Å². The molecule has 0 aliphatic carbocycles. The van der Waals surface area contributed by atoms with Crippen LogP contribution in [0.3, 0.4) is 0 Å².